The minimum Gasteiger partial charge on any atom is -0.507 e. The smallest absolute Gasteiger partial charge is 0.129 e. The highest BCUT2D eigenvalue weighted by molar-refractivity contribution is 6.10. The molecule has 0 unspecified atom stereocenters. The topological polar surface area (TPSA) is 45.2 Å². The van der Waals surface area contributed by atoms with Crippen LogP contribution in [-0.2, 0) is 0 Å². The van der Waals surface area contributed by atoms with Crippen LogP contribution in [0.1, 0.15) is 5.56 Å². The largest absolute Gasteiger partial charge is 0.507 e. The molecule has 2 aromatic carbocycles. The zero-order chi connectivity index (χ0) is 12.0. The van der Waals surface area contributed by atoms with Gasteiger partial charge in [0.15, 0.2) is 0 Å². The molecule has 0 amide bonds. The van der Waals surface area contributed by atoms with E-state index in [-0.39, 0.29) is 5.75 Å². The number of nitrogens with one attached hydrogen (secondary N) is 1. The van der Waals surface area contributed by atoms with Gasteiger partial charge >= 0.3 is 0 Å². The summed E-state index contributed by atoms with van der Waals surface area (Å²) in [7, 11) is 1.59. The highest BCUT2D eigenvalue weighted by Gasteiger charge is 2.10. The van der Waals surface area contributed by atoms with E-state index >= 15 is 0 Å². The summed E-state index contributed by atoms with van der Waals surface area (Å²) >= 11 is 0. The summed E-state index contributed by atoms with van der Waals surface area (Å²) in [5.74, 6) is 0.898. The Bertz CT molecular complexity index is 713. The van der Waals surface area contributed by atoms with Gasteiger partial charge in [0.05, 0.1) is 12.6 Å². The Morgan fingerprint density at radius 3 is 2.71 bits per heavy atom. The molecule has 0 atom stereocenters. The number of aryl methyl sites for hydroxylation is 1. The Morgan fingerprint density at radius 2 is 1.94 bits per heavy atom. The number of benzene rings is 2. The van der Waals surface area contributed by atoms with Crippen LogP contribution < -0.4 is 4.74 Å². The van der Waals surface area contributed by atoms with Gasteiger partial charge in [-0.05, 0) is 19.1 Å². The molecule has 17 heavy (non-hydrogen) atoms. The summed E-state index contributed by atoms with van der Waals surface area (Å²) in [5.41, 5.74) is 3.09. The van der Waals surface area contributed by atoms with Gasteiger partial charge in [-0.1, -0.05) is 11.6 Å². The van der Waals surface area contributed by atoms with Gasteiger partial charge in [0.1, 0.15) is 11.5 Å². The van der Waals surface area contributed by atoms with E-state index in [1.54, 1.807) is 13.2 Å². The molecule has 3 heteroatoms. The number of hydrogen-bond acceptors (Lipinski definition) is 2. The number of methoxy groups -OCH3 is 1. The van der Waals surface area contributed by atoms with Crippen molar-refractivity contribution >= 4 is 21.8 Å². The number of rotatable bonds is 1. The molecule has 0 bridgehead atoms. The number of aromatic nitrogens is 1. The molecule has 0 fully saturated rings. The second kappa shape index (κ2) is 3.42. The van der Waals surface area contributed by atoms with Crippen molar-refractivity contribution in [3.05, 3.63) is 35.9 Å². The third kappa shape index (κ3) is 1.43. The standard InChI is InChI=1S/C14H13NO2/c1-8-3-4-11-10(5-8)14-12(15-11)6-9(17-2)7-13(14)16/h3-7,15-16H,1-2H3. The third-order valence-corrected chi connectivity index (χ3v) is 3.04. The predicted octanol–water partition coefficient (Wildman–Crippen LogP) is 3.34. The van der Waals surface area contributed by atoms with Crippen LogP contribution >= 0.6 is 0 Å². The molecule has 1 heterocycles. The van der Waals surface area contributed by atoms with Crippen LogP contribution in [0.15, 0.2) is 30.3 Å². The van der Waals surface area contributed by atoms with Crippen LogP contribution in [0.3, 0.4) is 0 Å². The van der Waals surface area contributed by atoms with Crippen molar-refractivity contribution in [1.82, 2.24) is 4.98 Å². The molecule has 0 spiro atoms. The van der Waals surface area contributed by atoms with Gasteiger partial charge < -0.3 is 14.8 Å². The van der Waals surface area contributed by atoms with Gasteiger partial charge in [-0.3, -0.25) is 0 Å². The summed E-state index contributed by atoms with van der Waals surface area (Å²) in [6.45, 7) is 2.04. The van der Waals surface area contributed by atoms with Crippen LogP contribution in [0, 0.1) is 6.92 Å². The van der Waals surface area contributed by atoms with Crippen molar-refractivity contribution in [3.8, 4) is 11.5 Å². The summed E-state index contributed by atoms with van der Waals surface area (Å²) in [4.78, 5) is 3.28. The molecule has 3 nitrogen and oxygen atoms in total. The first-order valence-electron chi connectivity index (χ1n) is 5.48. The summed E-state index contributed by atoms with van der Waals surface area (Å²) in [6, 6.07) is 9.67. The molecule has 86 valence electrons. The number of aromatic hydroxyl groups is 1. The average Bonchev–Trinajstić information content (AvgIpc) is 2.66. The van der Waals surface area contributed by atoms with Crippen molar-refractivity contribution < 1.29 is 9.84 Å². The normalized spacial score (nSPS) is 11.2. The lowest BCUT2D eigenvalue weighted by Crippen LogP contribution is -1.82. The van der Waals surface area contributed by atoms with E-state index in [0.717, 1.165) is 21.8 Å². The Hall–Kier alpha value is -2.16. The molecule has 3 aromatic rings. The van der Waals surface area contributed by atoms with Gasteiger partial charge in [0.2, 0.25) is 0 Å². The molecule has 0 saturated heterocycles. The Labute approximate surface area is 98.6 Å². The number of hydrogen-bond donors (Lipinski definition) is 2. The predicted molar refractivity (Wildman–Crippen MR) is 68.8 cm³/mol. The van der Waals surface area contributed by atoms with Gasteiger partial charge in [0.25, 0.3) is 0 Å². The Balaban J connectivity index is 2.48. The SMILES string of the molecule is COc1cc(O)c2c(c1)[nH]c1ccc(C)cc12. The number of phenolic OH excluding ortho intramolecular Hbond substituents is 1. The number of phenols is 1. The zero-order valence-electron chi connectivity index (χ0n) is 9.74. The van der Waals surface area contributed by atoms with E-state index in [1.165, 1.54) is 5.56 Å². The number of aromatic amines is 1. The average molecular weight is 227 g/mol. The molecule has 3 rings (SSSR count). The van der Waals surface area contributed by atoms with Crippen LogP contribution in [0.25, 0.3) is 21.8 Å². The van der Waals surface area contributed by atoms with Crippen LogP contribution in [-0.4, -0.2) is 17.2 Å². The minimum atomic E-state index is 0.246. The second-order valence-corrected chi connectivity index (χ2v) is 4.24. The van der Waals surface area contributed by atoms with E-state index in [4.69, 9.17) is 4.74 Å². The fraction of sp³-hybridized carbons (Fsp3) is 0.143. The lowest BCUT2D eigenvalue weighted by Gasteiger charge is -2.02. The highest BCUT2D eigenvalue weighted by Crippen LogP contribution is 2.36. The maximum Gasteiger partial charge on any atom is 0.129 e. The van der Waals surface area contributed by atoms with E-state index in [9.17, 15) is 5.11 Å². The Morgan fingerprint density at radius 1 is 1.12 bits per heavy atom. The maximum atomic E-state index is 10.1. The van der Waals surface area contributed by atoms with Crippen LogP contribution in [0.2, 0.25) is 0 Å². The fourth-order valence-corrected chi connectivity index (χ4v) is 2.22. The Kier molecular flexibility index (Phi) is 2.01. The molecule has 0 aliphatic rings. The van der Waals surface area contributed by atoms with Crippen LogP contribution in [0.4, 0.5) is 0 Å². The monoisotopic (exact) mass is 227 g/mol. The minimum absolute atomic E-state index is 0.246. The summed E-state index contributed by atoms with van der Waals surface area (Å²) < 4.78 is 5.14. The van der Waals surface area contributed by atoms with Gasteiger partial charge in [-0.25, -0.2) is 0 Å². The number of H-pyrrole nitrogens is 1. The van der Waals surface area contributed by atoms with Gasteiger partial charge in [0, 0.05) is 28.4 Å². The first-order chi connectivity index (χ1) is 8.19. The first-order valence-corrected chi connectivity index (χ1v) is 5.48. The van der Waals surface area contributed by atoms with E-state index < -0.39 is 0 Å². The maximum absolute atomic E-state index is 10.1. The quantitative estimate of drug-likeness (QED) is 0.669. The molecular weight excluding hydrogens is 214 g/mol. The van der Waals surface area contributed by atoms with Crippen molar-refractivity contribution in [2.45, 2.75) is 6.92 Å². The summed E-state index contributed by atoms with van der Waals surface area (Å²) in [5, 5.41) is 12.0. The van der Waals surface area contributed by atoms with Crippen molar-refractivity contribution in [3.63, 3.8) is 0 Å². The molecule has 1 aromatic heterocycles. The third-order valence-electron chi connectivity index (χ3n) is 3.04. The van der Waals surface area contributed by atoms with Crippen molar-refractivity contribution in [2.24, 2.45) is 0 Å². The van der Waals surface area contributed by atoms with E-state index in [1.807, 2.05) is 25.1 Å². The van der Waals surface area contributed by atoms with Crippen LogP contribution in [0.5, 0.6) is 11.5 Å². The molecular formula is C14H13NO2. The van der Waals surface area contributed by atoms with E-state index in [2.05, 4.69) is 11.1 Å². The zero-order valence-corrected chi connectivity index (χ0v) is 9.74. The molecule has 0 aliphatic heterocycles. The lowest BCUT2D eigenvalue weighted by molar-refractivity contribution is 0.409. The number of ether oxygens (including phenoxy) is 1. The lowest BCUT2D eigenvalue weighted by atomic mass is 10.1. The first kappa shape index (κ1) is 10.0. The molecule has 0 saturated carbocycles. The second-order valence-electron chi connectivity index (χ2n) is 4.24. The highest BCUT2D eigenvalue weighted by atomic mass is 16.5. The van der Waals surface area contributed by atoms with E-state index in [0.29, 0.717) is 5.75 Å². The fourth-order valence-electron chi connectivity index (χ4n) is 2.22. The molecule has 2 N–H and O–H groups in total. The van der Waals surface area contributed by atoms with Gasteiger partial charge in [-0.15, -0.1) is 0 Å². The summed E-state index contributed by atoms with van der Waals surface area (Å²) in [6.07, 6.45) is 0. The molecule has 0 radical (unpaired) electrons. The molecule has 0 aliphatic carbocycles. The van der Waals surface area contributed by atoms with Crippen molar-refractivity contribution in [2.75, 3.05) is 7.11 Å². The number of fused-ring (bicyclic) bond motifs is 3. The van der Waals surface area contributed by atoms with Gasteiger partial charge in [-0.2, -0.15) is 0 Å². The van der Waals surface area contributed by atoms with Crippen molar-refractivity contribution in [1.29, 1.82) is 0 Å².